The molecule has 13 heavy (non-hydrogen) atoms. The van der Waals surface area contributed by atoms with Crippen molar-refractivity contribution in [1.29, 1.82) is 0 Å². The summed E-state index contributed by atoms with van der Waals surface area (Å²) in [5.41, 5.74) is 5.09. The highest BCUT2D eigenvalue weighted by Crippen LogP contribution is 2.11. The molecule has 0 aromatic carbocycles. The van der Waals surface area contributed by atoms with Gasteiger partial charge in [-0.25, -0.2) is 0 Å². The van der Waals surface area contributed by atoms with Crippen LogP contribution in [0.15, 0.2) is 0 Å². The quantitative estimate of drug-likeness (QED) is 0.673. The number of hydrogen-bond acceptors (Lipinski definition) is 3. The maximum absolute atomic E-state index is 10.6. The van der Waals surface area contributed by atoms with E-state index in [2.05, 4.69) is 11.8 Å². The van der Waals surface area contributed by atoms with Crippen molar-refractivity contribution in [2.45, 2.75) is 32.4 Å². The lowest BCUT2D eigenvalue weighted by atomic mass is 10.2. The summed E-state index contributed by atoms with van der Waals surface area (Å²) >= 11 is 0. The molecule has 1 aliphatic rings. The van der Waals surface area contributed by atoms with E-state index in [1.807, 2.05) is 6.92 Å². The van der Waals surface area contributed by atoms with Crippen LogP contribution in [0.3, 0.4) is 0 Å². The molecule has 0 saturated carbocycles. The Balaban J connectivity index is 2.33. The summed E-state index contributed by atoms with van der Waals surface area (Å²) in [5.74, 6) is -0.230. The van der Waals surface area contributed by atoms with E-state index < -0.39 is 0 Å². The highest BCUT2D eigenvalue weighted by atomic mass is 16.5. The fourth-order valence-corrected chi connectivity index (χ4v) is 1.54. The Labute approximate surface area is 79.0 Å². The van der Waals surface area contributed by atoms with Gasteiger partial charge in [-0.05, 0) is 13.8 Å². The second kappa shape index (κ2) is 4.58. The maximum atomic E-state index is 10.6. The molecule has 2 atom stereocenters. The smallest absolute Gasteiger partial charge is 0.218 e. The topological polar surface area (TPSA) is 55.6 Å². The van der Waals surface area contributed by atoms with Crippen LogP contribution in [0.1, 0.15) is 20.3 Å². The van der Waals surface area contributed by atoms with Crippen LogP contribution in [-0.2, 0) is 9.53 Å². The average Bonchev–Trinajstić information content (AvgIpc) is 2.06. The largest absolute Gasteiger partial charge is 0.376 e. The normalized spacial score (nSPS) is 30.3. The summed E-state index contributed by atoms with van der Waals surface area (Å²) in [7, 11) is 0. The highest BCUT2D eigenvalue weighted by molar-refractivity contribution is 5.73. The number of carbonyl (C=O) groups excluding carboxylic acids is 1. The van der Waals surface area contributed by atoms with E-state index in [9.17, 15) is 4.79 Å². The standard InChI is InChI=1S/C9H18N2O2/c1-7-6-13-8(2)5-11(7)4-3-9(10)12/h7-8H,3-6H2,1-2H3,(H2,10,12). The number of rotatable bonds is 3. The first kappa shape index (κ1) is 10.5. The Morgan fingerprint density at radius 2 is 2.31 bits per heavy atom. The van der Waals surface area contributed by atoms with E-state index in [-0.39, 0.29) is 12.0 Å². The molecule has 0 aliphatic carbocycles. The number of nitrogens with two attached hydrogens (primary N) is 1. The lowest BCUT2D eigenvalue weighted by molar-refractivity contribution is -0.119. The van der Waals surface area contributed by atoms with Crippen molar-refractivity contribution >= 4 is 5.91 Å². The minimum absolute atomic E-state index is 0.230. The molecule has 2 N–H and O–H groups in total. The van der Waals surface area contributed by atoms with Gasteiger partial charge in [0.05, 0.1) is 12.7 Å². The molecule has 0 aromatic rings. The van der Waals surface area contributed by atoms with Gasteiger partial charge in [0.25, 0.3) is 0 Å². The van der Waals surface area contributed by atoms with Crippen LogP contribution in [0.2, 0.25) is 0 Å². The van der Waals surface area contributed by atoms with Gasteiger partial charge in [-0.3, -0.25) is 9.69 Å². The fraction of sp³-hybridized carbons (Fsp3) is 0.889. The summed E-state index contributed by atoms with van der Waals surface area (Å²) in [6, 6.07) is 0.399. The van der Waals surface area contributed by atoms with E-state index in [4.69, 9.17) is 10.5 Å². The Bertz CT molecular complexity index is 184. The van der Waals surface area contributed by atoms with Gasteiger partial charge in [-0.2, -0.15) is 0 Å². The first-order valence-corrected chi connectivity index (χ1v) is 4.73. The zero-order chi connectivity index (χ0) is 9.84. The Morgan fingerprint density at radius 1 is 1.62 bits per heavy atom. The van der Waals surface area contributed by atoms with Crippen molar-refractivity contribution in [3.8, 4) is 0 Å². The van der Waals surface area contributed by atoms with Crippen LogP contribution in [0.25, 0.3) is 0 Å². The van der Waals surface area contributed by atoms with E-state index in [1.165, 1.54) is 0 Å². The molecule has 76 valence electrons. The molecule has 1 amide bonds. The van der Waals surface area contributed by atoms with Gasteiger partial charge in [0.1, 0.15) is 0 Å². The third kappa shape index (κ3) is 3.32. The van der Waals surface area contributed by atoms with Crippen molar-refractivity contribution in [2.24, 2.45) is 5.73 Å². The van der Waals surface area contributed by atoms with Gasteiger partial charge < -0.3 is 10.5 Å². The van der Waals surface area contributed by atoms with E-state index in [1.54, 1.807) is 0 Å². The molecule has 1 fully saturated rings. The number of ether oxygens (including phenoxy) is 1. The van der Waals surface area contributed by atoms with Gasteiger partial charge in [0.2, 0.25) is 5.91 Å². The first-order valence-electron chi connectivity index (χ1n) is 4.73. The summed E-state index contributed by atoms with van der Waals surface area (Å²) in [6.07, 6.45) is 0.709. The minimum Gasteiger partial charge on any atom is -0.376 e. The van der Waals surface area contributed by atoms with Crippen LogP contribution >= 0.6 is 0 Å². The van der Waals surface area contributed by atoms with E-state index in [0.29, 0.717) is 12.5 Å². The average molecular weight is 186 g/mol. The van der Waals surface area contributed by atoms with Crippen molar-refractivity contribution in [2.75, 3.05) is 19.7 Å². The third-order valence-electron chi connectivity index (χ3n) is 2.38. The molecule has 0 aromatic heterocycles. The predicted octanol–water partition coefficient (Wildman–Crippen LogP) is -0.0290. The monoisotopic (exact) mass is 186 g/mol. The van der Waals surface area contributed by atoms with Gasteiger partial charge in [-0.1, -0.05) is 0 Å². The zero-order valence-electron chi connectivity index (χ0n) is 8.32. The Kier molecular flexibility index (Phi) is 3.69. The second-order valence-electron chi connectivity index (χ2n) is 3.70. The third-order valence-corrected chi connectivity index (χ3v) is 2.38. The van der Waals surface area contributed by atoms with Crippen molar-refractivity contribution in [3.05, 3.63) is 0 Å². The molecule has 1 heterocycles. The number of hydrogen-bond donors (Lipinski definition) is 1. The molecule has 0 spiro atoms. The summed E-state index contributed by atoms with van der Waals surface area (Å²) < 4.78 is 5.47. The van der Waals surface area contributed by atoms with Crippen molar-refractivity contribution in [1.82, 2.24) is 4.90 Å². The van der Waals surface area contributed by atoms with Crippen LogP contribution in [0, 0.1) is 0 Å². The SMILES string of the molecule is CC1CN(CCC(N)=O)C(C)CO1. The van der Waals surface area contributed by atoms with Crippen LogP contribution in [0.5, 0.6) is 0 Å². The maximum Gasteiger partial charge on any atom is 0.218 e. The van der Waals surface area contributed by atoms with Crippen LogP contribution in [-0.4, -0.2) is 42.6 Å². The second-order valence-corrected chi connectivity index (χ2v) is 3.70. The molecule has 1 aliphatic heterocycles. The number of carbonyl (C=O) groups is 1. The van der Waals surface area contributed by atoms with Gasteiger partial charge in [0, 0.05) is 25.6 Å². The number of amides is 1. The van der Waals surface area contributed by atoms with Crippen LogP contribution in [0.4, 0.5) is 0 Å². The van der Waals surface area contributed by atoms with Crippen molar-refractivity contribution < 1.29 is 9.53 Å². The van der Waals surface area contributed by atoms with E-state index in [0.717, 1.165) is 19.7 Å². The zero-order valence-corrected chi connectivity index (χ0v) is 8.32. The Hall–Kier alpha value is -0.610. The molecule has 1 saturated heterocycles. The van der Waals surface area contributed by atoms with Crippen LogP contribution < -0.4 is 5.73 Å². The molecule has 0 radical (unpaired) electrons. The molecular formula is C9H18N2O2. The van der Waals surface area contributed by atoms with Crippen molar-refractivity contribution in [3.63, 3.8) is 0 Å². The van der Waals surface area contributed by atoms with Gasteiger partial charge >= 0.3 is 0 Å². The number of morpholine rings is 1. The lowest BCUT2D eigenvalue weighted by Gasteiger charge is -2.36. The van der Waals surface area contributed by atoms with Gasteiger partial charge in [0.15, 0.2) is 0 Å². The molecule has 4 nitrogen and oxygen atoms in total. The summed E-state index contributed by atoms with van der Waals surface area (Å²) in [6.45, 7) is 6.55. The Morgan fingerprint density at radius 3 is 2.92 bits per heavy atom. The highest BCUT2D eigenvalue weighted by Gasteiger charge is 2.22. The molecular weight excluding hydrogens is 168 g/mol. The first-order chi connectivity index (χ1) is 6.09. The predicted molar refractivity (Wildman–Crippen MR) is 50.3 cm³/mol. The molecule has 1 rings (SSSR count). The molecule has 4 heteroatoms. The van der Waals surface area contributed by atoms with E-state index >= 15 is 0 Å². The lowest BCUT2D eigenvalue weighted by Crippen LogP contribution is -2.48. The summed E-state index contributed by atoms with van der Waals surface area (Å²) in [4.78, 5) is 12.8. The number of nitrogens with zero attached hydrogens (tertiary/aromatic N) is 1. The molecule has 0 bridgehead atoms. The number of primary amides is 1. The fourth-order valence-electron chi connectivity index (χ4n) is 1.54. The minimum atomic E-state index is -0.230. The molecule has 2 unspecified atom stereocenters. The van der Waals surface area contributed by atoms with Gasteiger partial charge in [-0.15, -0.1) is 0 Å². The summed E-state index contributed by atoms with van der Waals surface area (Å²) in [5, 5.41) is 0.